The lowest BCUT2D eigenvalue weighted by atomic mass is 9.43. The van der Waals surface area contributed by atoms with E-state index in [4.69, 9.17) is 16.3 Å². The minimum atomic E-state index is -1.74. The van der Waals surface area contributed by atoms with E-state index in [1.165, 1.54) is 0 Å². The van der Waals surface area contributed by atoms with Gasteiger partial charge >= 0.3 is 5.97 Å². The summed E-state index contributed by atoms with van der Waals surface area (Å²) in [5, 5.41) is 31.1. The van der Waals surface area contributed by atoms with Crippen LogP contribution in [0.1, 0.15) is 58.8 Å². The van der Waals surface area contributed by atoms with Gasteiger partial charge < -0.3 is 20.1 Å². The Kier molecular flexibility index (Phi) is 4.88. The van der Waals surface area contributed by atoms with Gasteiger partial charge in [0.25, 0.3) is 0 Å². The average Bonchev–Trinajstić information content (AvgIpc) is 2.90. The van der Waals surface area contributed by atoms with Crippen molar-refractivity contribution in [3.05, 3.63) is 0 Å². The maximum atomic E-state index is 12.7. The summed E-state index contributed by atoms with van der Waals surface area (Å²) in [7, 11) is 0. The van der Waals surface area contributed by atoms with Crippen LogP contribution in [0.25, 0.3) is 0 Å². The molecular formula is C23H32O6. The first-order valence-corrected chi connectivity index (χ1v) is 10.8. The zero-order valence-corrected chi connectivity index (χ0v) is 17.3. The van der Waals surface area contributed by atoms with Gasteiger partial charge in [0.15, 0.2) is 11.4 Å². The topological polar surface area (TPSA) is 104 Å². The van der Waals surface area contributed by atoms with Crippen molar-refractivity contribution in [1.82, 2.24) is 0 Å². The van der Waals surface area contributed by atoms with E-state index in [0.717, 1.165) is 19.3 Å². The number of carbonyl (C=O) groups excluding carboxylic acids is 2. The second-order valence-corrected chi connectivity index (χ2v) is 10.3. The number of aliphatic hydroxyl groups excluding tert-OH is 2. The van der Waals surface area contributed by atoms with Gasteiger partial charge in [0.2, 0.25) is 0 Å². The minimum absolute atomic E-state index is 0.00670. The molecule has 4 aliphatic rings. The molecular weight excluding hydrogens is 372 g/mol. The molecule has 0 radical (unpaired) electrons. The van der Waals surface area contributed by atoms with Gasteiger partial charge in [0, 0.05) is 11.8 Å². The second kappa shape index (κ2) is 6.80. The van der Waals surface area contributed by atoms with Gasteiger partial charge in [-0.15, -0.1) is 6.42 Å². The van der Waals surface area contributed by atoms with E-state index in [-0.39, 0.29) is 47.4 Å². The van der Waals surface area contributed by atoms with Crippen LogP contribution in [0.15, 0.2) is 0 Å². The Labute approximate surface area is 172 Å². The first-order chi connectivity index (χ1) is 13.6. The van der Waals surface area contributed by atoms with Crippen molar-refractivity contribution < 1.29 is 29.6 Å². The number of terminal acetylenes is 1. The predicted octanol–water partition coefficient (Wildman–Crippen LogP) is 1.45. The number of esters is 1. The number of aliphatic hydroxyl groups is 3. The Balaban J connectivity index is 1.61. The van der Waals surface area contributed by atoms with Crippen molar-refractivity contribution in [3.63, 3.8) is 0 Å². The first kappa shape index (κ1) is 20.8. The predicted molar refractivity (Wildman–Crippen MR) is 104 cm³/mol. The molecule has 29 heavy (non-hydrogen) atoms. The van der Waals surface area contributed by atoms with Crippen LogP contribution < -0.4 is 0 Å². The fourth-order valence-electron chi connectivity index (χ4n) is 7.58. The Morgan fingerprint density at radius 3 is 2.62 bits per heavy atom. The molecule has 0 aromatic heterocycles. The lowest BCUT2D eigenvalue weighted by Gasteiger charge is -2.62. The molecule has 160 valence electrons. The third kappa shape index (κ3) is 2.74. The van der Waals surface area contributed by atoms with Gasteiger partial charge in [-0.1, -0.05) is 19.8 Å². The second-order valence-electron chi connectivity index (χ2n) is 10.3. The van der Waals surface area contributed by atoms with Gasteiger partial charge in [-0.3, -0.25) is 4.79 Å². The van der Waals surface area contributed by atoms with E-state index in [1.54, 1.807) is 0 Å². The van der Waals surface area contributed by atoms with Crippen LogP contribution in [0, 0.1) is 46.8 Å². The molecule has 0 amide bonds. The number of Topliss-reactive ketones (excluding diaryl/α,β-unsaturated/α-hetero) is 1. The van der Waals surface area contributed by atoms with Crippen LogP contribution in [-0.2, 0) is 14.3 Å². The van der Waals surface area contributed by atoms with Crippen molar-refractivity contribution >= 4 is 11.8 Å². The van der Waals surface area contributed by atoms with Crippen molar-refractivity contribution in [1.29, 1.82) is 0 Å². The quantitative estimate of drug-likeness (QED) is 0.475. The van der Waals surface area contributed by atoms with E-state index >= 15 is 0 Å². The normalized spacial score (nSPS) is 51.4. The fourth-order valence-corrected chi connectivity index (χ4v) is 7.58. The summed E-state index contributed by atoms with van der Waals surface area (Å²) in [6.45, 7) is 3.58. The molecule has 0 aliphatic heterocycles. The fraction of sp³-hybridized carbons (Fsp3) is 0.826. The largest absolute Gasteiger partial charge is 0.461 e. The molecule has 4 unspecified atom stereocenters. The van der Waals surface area contributed by atoms with Gasteiger partial charge in [-0.2, -0.15) is 0 Å². The number of ketones is 1. The van der Waals surface area contributed by atoms with Crippen LogP contribution >= 0.6 is 0 Å². The molecule has 0 spiro atoms. The van der Waals surface area contributed by atoms with Crippen LogP contribution in [0.3, 0.4) is 0 Å². The molecule has 4 saturated carbocycles. The smallest absolute Gasteiger partial charge is 0.332 e. The summed E-state index contributed by atoms with van der Waals surface area (Å²) >= 11 is 0. The van der Waals surface area contributed by atoms with E-state index in [9.17, 15) is 19.8 Å². The molecule has 0 bridgehead atoms. The third-order valence-corrected chi connectivity index (χ3v) is 9.30. The van der Waals surface area contributed by atoms with Crippen molar-refractivity contribution in [2.45, 2.75) is 76.6 Å². The van der Waals surface area contributed by atoms with E-state index in [0.29, 0.717) is 19.3 Å². The average molecular weight is 405 g/mol. The molecule has 6 nitrogen and oxygen atoms in total. The monoisotopic (exact) mass is 404 g/mol. The summed E-state index contributed by atoms with van der Waals surface area (Å²) in [5.41, 5.74) is -2.44. The zero-order chi connectivity index (χ0) is 21.2. The minimum Gasteiger partial charge on any atom is -0.461 e. The van der Waals surface area contributed by atoms with Gasteiger partial charge in [0.05, 0.1) is 6.10 Å². The van der Waals surface area contributed by atoms with Crippen molar-refractivity contribution in [3.8, 4) is 12.3 Å². The summed E-state index contributed by atoms with van der Waals surface area (Å²) in [6.07, 6.45) is 9.46. The Bertz CT molecular complexity index is 757. The van der Waals surface area contributed by atoms with Crippen LogP contribution in [0.2, 0.25) is 0 Å². The highest BCUT2D eigenvalue weighted by Crippen LogP contribution is 2.67. The SMILES string of the molecule is C#C[C@]1(O)C(=O)CC2C3C(O)C[C@@H]4C[C@@H](OC(=O)CO)CC[C@]4(C)C3CC[C@@]21C. The zero-order valence-electron chi connectivity index (χ0n) is 17.3. The highest BCUT2D eigenvalue weighted by atomic mass is 16.6. The summed E-state index contributed by atoms with van der Waals surface area (Å²) < 4.78 is 5.38. The number of hydrogen-bond acceptors (Lipinski definition) is 6. The molecule has 4 aliphatic carbocycles. The molecule has 0 aromatic rings. The van der Waals surface area contributed by atoms with E-state index in [1.807, 2.05) is 6.92 Å². The van der Waals surface area contributed by atoms with E-state index < -0.39 is 29.7 Å². The molecule has 6 heteroatoms. The molecule has 3 N–H and O–H groups in total. The summed E-state index contributed by atoms with van der Waals surface area (Å²) in [6, 6.07) is 0. The highest BCUT2D eigenvalue weighted by Gasteiger charge is 2.69. The number of ether oxygens (including phenoxy) is 1. The summed E-state index contributed by atoms with van der Waals surface area (Å²) in [5.74, 6) is 1.80. The maximum Gasteiger partial charge on any atom is 0.332 e. The number of hydrogen-bond donors (Lipinski definition) is 3. The van der Waals surface area contributed by atoms with Gasteiger partial charge in [0.1, 0.15) is 12.7 Å². The molecule has 4 rings (SSSR count). The standard InChI is InChI=1S/C23H32O6/c1-4-23(28)18(26)11-16-20-15(6-8-22(16,23)3)21(2)7-5-14(29-19(27)12-24)9-13(21)10-17(20)25/h1,13-17,20,24-25,28H,5-12H2,2-3H3/t13-,14-,15?,16?,17?,20?,21-,22-,23-/m0/s1. The third-order valence-electron chi connectivity index (χ3n) is 9.30. The highest BCUT2D eigenvalue weighted by molar-refractivity contribution is 5.94. The number of carbonyl (C=O) groups is 2. The van der Waals surface area contributed by atoms with Crippen LogP contribution in [0.5, 0.6) is 0 Å². The number of fused-ring (bicyclic) bond motifs is 5. The van der Waals surface area contributed by atoms with Crippen LogP contribution in [-0.4, -0.2) is 51.5 Å². The van der Waals surface area contributed by atoms with Crippen LogP contribution in [0.4, 0.5) is 0 Å². The lowest BCUT2D eigenvalue weighted by molar-refractivity contribution is -0.190. The summed E-state index contributed by atoms with van der Waals surface area (Å²) in [4.78, 5) is 24.2. The van der Waals surface area contributed by atoms with Gasteiger partial charge in [-0.05, 0) is 67.6 Å². The van der Waals surface area contributed by atoms with Crippen molar-refractivity contribution in [2.75, 3.05) is 6.61 Å². The molecule has 4 fully saturated rings. The Morgan fingerprint density at radius 2 is 1.97 bits per heavy atom. The molecule has 0 aromatic carbocycles. The molecule has 9 atom stereocenters. The Morgan fingerprint density at radius 1 is 1.24 bits per heavy atom. The van der Waals surface area contributed by atoms with Crippen molar-refractivity contribution in [2.24, 2.45) is 34.5 Å². The maximum absolute atomic E-state index is 12.7. The Hall–Kier alpha value is -1.42. The first-order valence-electron chi connectivity index (χ1n) is 10.8. The number of rotatable bonds is 2. The molecule has 0 saturated heterocycles. The lowest BCUT2D eigenvalue weighted by Crippen LogP contribution is -2.60. The molecule has 0 heterocycles. The van der Waals surface area contributed by atoms with E-state index in [2.05, 4.69) is 12.8 Å². The van der Waals surface area contributed by atoms with Gasteiger partial charge in [-0.25, -0.2) is 4.79 Å².